The fraction of sp³-hybridized carbons (Fsp3) is 0.680. The van der Waals surface area contributed by atoms with Gasteiger partial charge in [-0.15, -0.1) is 0 Å². The van der Waals surface area contributed by atoms with Crippen LogP contribution in [0.15, 0.2) is 29.6 Å². The molecule has 0 saturated heterocycles. The van der Waals surface area contributed by atoms with E-state index in [1.807, 2.05) is 17.1 Å². The molecule has 0 aliphatic heterocycles. The SMILES string of the molecule is CCn1cc(/C=C2\C[C@@H]3[C@H]4CC=C5C[C@H](O)CC[C@]5(C)[C@@H]4CC[C@@]3(C)C2=O)cn1. The molecule has 3 saturated carbocycles. The Balaban J connectivity index is 1.46. The number of aliphatic hydroxyl groups excluding tert-OH is 1. The minimum atomic E-state index is -0.205. The van der Waals surface area contributed by atoms with Crippen LogP contribution in [0.1, 0.15) is 71.3 Å². The van der Waals surface area contributed by atoms with E-state index in [9.17, 15) is 9.90 Å². The molecule has 0 amide bonds. The lowest BCUT2D eigenvalue weighted by atomic mass is 9.48. The Morgan fingerprint density at radius 3 is 2.76 bits per heavy atom. The number of ketones is 1. The van der Waals surface area contributed by atoms with Crippen LogP contribution in [0.5, 0.6) is 0 Å². The third-order valence-electron chi connectivity index (χ3n) is 9.04. The summed E-state index contributed by atoms with van der Waals surface area (Å²) in [7, 11) is 0. The topological polar surface area (TPSA) is 55.1 Å². The number of aryl methyl sites for hydroxylation is 1. The number of carbonyl (C=O) groups excluding carboxylic acids is 1. The molecule has 1 aromatic heterocycles. The maximum Gasteiger partial charge on any atom is 0.165 e. The number of carbonyl (C=O) groups is 1. The van der Waals surface area contributed by atoms with Gasteiger partial charge < -0.3 is 5.11 Å². The second-order valence-corrected chi connectivity index (χ2v) is 10.4. The molecule has 29 heavy (non-hydrogen) atoms. The summed E-state index contributed by atoms with van der Waals surface area (Å²) in [6.07, 6.45) is 15.3. The number of allylic oxidation sites excluding steroid dienone is 2. The maximum absolute atomic E-state index is 13.5. The molecular formula is C25H34N2O2. The molecule has 0 radical (unpaired) electrons. The van der Waals surface area contributed by atoms with E-state index >= 15 is 0 Å². The zero-order chi connectivity index (χ0) is 20.4. The van der Waals surface area contributed by atoms with E-state index < -0.39 is 0 Å². The molecule has 1 heterocycles. The van der Waals surface area contributed by atoms with Crippen molar-refractivity contribution < 1.29 is 9.90 Å². The first-order chi connectivity index (χ1) is 13.8. The molecule has 3 fully saturated rings. The van der Waals surface area contributed by atoms with Gasteiger partial charge in [-0.05, 0) is 86.7 Å². The molecule has 4 heteroatoms. The lowest BCUT2D eigenvalue weighted by Crippen LogP contribution is -2.50. The van der Waals surface area contributed by atoms with Crippen molar-refractivity contribution in [2.75, 3.05) is 0 Å². The highest BCUT2D eigenvalue weighted by Gasteiger charge is 2.59. The van der Waals surface area contributed by atoms with E-state index in [1.165, 1.54) is 5.57 Å². The van der Waals surface area contributed by atoms with Crippen LogP contribution in [-0.4, -0.2) is 26.8 Å². The lowest BCUT2D eigenvalue weighted by Gasteiger charge is -2.56. The molecule has 156 valence electrons. The van der Waals surface area contributed by atoms with Gasteiger partial charge in [0.1, 0.15) is 0 Å². The summed E-state index contributed by atoms with van der Waals surface area (Å²) in [6, 6.07) is 0. The quantitative estimate of drug-likeness (QED) is 0.580. The van der Waals surface area contributed by atoms with E-state index in [1.54, 1.807) is 0 Å². The number of hydrogen-bond donors (Lipinski definition) is 1. The fourth-order valence-corrected chi connectivity index (χ4v) is 7.27. The van der Waals surface area contributed by atoms with Gasteiger partial charge in [-0.1, -0.05) is 25.5 Å². The fourth-order valence-electron chi connectivity index (χ4n) is 7.27. The minimum absolute atomic E-state index is 0.161. The molecule has 1 N–H and O–H groups in total. The van der Waals surface area contributed by atoms with Crippen molar-refractivity contribution in [3.8, 4) is 0 Å². The van der Waals surface area contributed by atoms with E-state index in [0.717, 1.165) is 62.6 Å². The predicted molar refractivity (Wildman–Crippen MR) is 114 cm³/mol. The van der Waals surface area contributed by atoms with E-state index in [0.29, 0.717) is 23.5 Å². The minimum Gasteiger partial charge on any atom is -0.393 e. The highest BCUT2D eigenvalue weighted by atomic mass is 16.3. The molecule has 0 unspecified atom stereocenters. The molecule has 0 bridgehead atoms. The van der Waals surface area contributed by atoms with Crippen LogP contribution in [-0.2, 0) is 11.3 Å². The number of fused-ring (bicyclic) bond motifs is 5. The predicted octanol–water partition coefficient (Wildman–Crippen LogP) is 4.79. The first-order valence-corrected chi connectivity index (χ1v) is 11.5. The van der Waals surface area contributed by atoms with Gasteiger partial charge in [0.15, 0.2) is 5.78 Å². The van der Waals surface area contributed by atoms with E-state index in [-0.39, 0.29) is 16.9 Å². The molecule has 1 aromatic rings. The molecule has 5 rings (SSSR count). The Morgan fingerprint density at radius 1 is 1.21 bits per heavy atom. The van der Waals surface area contributed by atoms with Crippen LogP contribution in [0.3, 0.4) is 0 Å². The van der Waals surface area contributed by atoms with Crippen LogP contribution < -0.4 is 0 Å². The highest BCUT2D eigenvalue weighted by Crippen LogP contribution is 2.64. The number of rotatable bonds is 2. The van der Waals surface area contributed by atoms with Crippen LogP contribution in [0.2, 0.25) is 0 Å². The smallest absolute Gasteiger partial charge is 0.165 e. The summed E-state index contributed by atoms with van der Waals surface area (Å²) in [5.41, 5.74) is 3.57. The van der Waals surface area contributed by atoms with Crippen LogP contribution in [0, 0.1) is 28.6 Å². The third kappa shape index (κ3) is 2.82. The monoisotopic (exact) mass is 394 g/mol. The number of hydrogen-bond acceptors (Lipinski definition) is 3. The lowest BCUT2D eigenvalue weighted by molar-refractivity contribution is -0.130. The van der Waals surface area contributed by atoms with Gasteiger partial charge in [0.2, 0.25) is 0 Å². The van der Waals surface area contributed by atoms with Gasteiger partial charge in [-0.3, -0.25) is 9.48 Å². The summed E-state index contributed by atoms with van der Waals surface area (Å²) in [5.74, 6) is 2.07. The zero-order valence-electron chi connectivity index (χ0n) is 18.0. The number of Topliss-reactive ketones (excluding diaryl/α,β-unsaturated/α-hetero) is 1. The maximum atomic E-state index is 13.5. The Bertz CT molecular complexity index is 896. The van der Waals surface area contributed by atoms with Crippen molar-refractivity contribution in [1.82, 2.24) is 9.78 Å². The van der Waals surface area contributed by atoms with Gasteiger partial charge in [0.25, 0.3) is 0 Å². The summed E-state index contributed by atoms with van der Waals surface area (Å²) < 4.78 is 1.92. The van der Waals surface area contributed by atoms with Crippen molar-refractivity contribution in [1.29, 1.82) is 0 Å². The average molecular weight is 395 g/mol. The number of aromatic nitrogens is 2. The summed E-state index contributed by atoms with van der Waals surface area (Å²) in [6.45, 7) is 7.61. The van der Waals surface area contributed by atoms with Crippen LogP contribution in [0.25, 0.3) is 6.08 Å². The zero-order valence-corrected chi connectivity index (χ0v) is 18.0. The molecule has 0 aromatic carbocycles. The highest BCUT2D eigenvalue weighted by molar-refractivity contribution is 6.05. The second-order valence-electron chi connectivity index (χ2n) is 10.4. The van der Waals surface area contributed by atoms with Crippen molar-refractivity contribution in [2.24, 2.45) is 28.6 Å². The second kappa shape index (κ2) is 6.66. The first kappa shape index (κ1) is 19.3. The Kier molecular flexibility index (Phi) is 4.43. The van der Waals surface area contributed by atoms with Crippen LogP contribution in [0.4, 0.5) is 0 Å². The van der Waals surface area contributed by atoms with Crippen molar-refractivity contribution in [3.05, 3.63) is 35.2 Å². The summed E-state index contributed by atoms with van der Waals surface area (Å²) in [4.78, 5) is 13.5. The first-order valence-electron chi connectivity index (χ1n) is 11.5. The molecule has 4 aliphatic carbocycles. The summed E-state index contributed by atoms with van der Waals surface area (Å²) in [5, 5.41) is 14.5. The van der Waals surface area contributed by atoms with Crippen molar-refractivity contribution >= 4 is 11.9 Å². The van der Waals surface area contributed by atoms with Gasteiger partial charge in [0, 0.05) is 23.7 Å². The molecule has 0 spiro atoms. The molecular weight excluding hydrogens is 360 g/mol. The number of aliphatic hydroxyl groups is 1. The normalized spacial score (nSPS) is 43.0. The van der Waals surface area contributed by atoms with Crippen molar-refractivity contribution in [3.63, 3.8) is 0 Å². The van der Waals surface area contributed by atoms with E-state index in [2.05, 4.69) is 38.0 Å². The average Bonchev–Trinajstić information content (AvgIpc) is 3.26. The van der Waals surface area contributed by atoms with Gasteiger partial charge in [0.05, 0.1) is 12.3 Å². The Labute approximate surface area is 174 Å². The van der Waals surface area contributed by atoms with Gasteiger partial charge >= 0.3 is 0 Å². The Hall–Kier alpha value is -1.68. The van der Waals surface area contributed by atoms with Gasteiger partial charge in [-0.2, -0.15) is 5.10 Å². The summed E-state index contributed by atoms with van der Waals surface area (Å²) >= 11 is 0. The molecule has 6 atom stereocenters. The van der Waals surface area contributed by atoms with Crippen LogP contribution >= 0.6 is 0 Å². The number of nitrogens with zero attached hydrogens (tertiary/aromatic N) is 2. The molecule has 4 aliphatic rings. The van der Waals surface area contributed by atoms with Crippen molar-refractivity contribution in [2.45, 2.75) is 78.4 Å². The standard InChI is InChI=1S/C25H34N2O2/c1-4-27-15-16(14-26-27)11-17-12-22-20-6-5-18-13-19(28)7-9-24(18,2)21(20)8-10-25(22,3)23(17)29/h5,11,14-15,19-22,28H,4,6-10,12-13H2,1-3H3/b17-11+/t19-,20+,21-,22-,24+,25-/m1/s1. The largest absolute Gasteiger partial charge is 0.393 e. The molecule has 4 nitrogen and oxygen atoms in total. The Morgan fingerprint density at radius 2 is 2.00 bits per heavy atom. The van der Waals surface area contributed by atoms with Gasteiger partial charge in [-0.25, -0.2) is 0 Å². The van der Waals surface area contributed by atoms with E-state index in [4.69, 9.17) is 0 Å². The third-order valence-corrected chi connectivity index (χ3v) is 9.04.